The third-order valence-electron chi connectivity index (χ3n) is 5.16. The monoisotopic (exact) mass is 537 g/mol. The Morgan fingerprint density at radius 3 is 2.68 bits per heavy atom. The maximum Gasteiger partial charge on any atom is 0.504 e. The van der Waals surface area contributed by atoms with Gasteiger partial charge < -0.3 is 5.32 Å². The van der Waals surface area contributed by atoms with Gasteiger partial charge in [-0.1, -0.05) is 11.6 Å². The molecule has 0 aliphatic carbocycles. The van der Waals surface area contributed by atoms with Crippen molar-refractivity contribution in [1.82, 2.24) is 18.8 Å². The predicted octanol–water partition coefficient (Wildman–Crippen LogP) is 4.10. The molecule has 34 heavy (non-hydrogen) atoms. The van der Waals surface area contributed by atoms with E-state index in [9.17, 15) is 30.8 Å². The van der Waals surface area contributed by atoms with Gasteiger partial charge in [-0.25, -0.2) is 4.39 Å². The van der Waals surface area contributed by atoms with E-state index in [1.807, 2.05) is 0 Å². The van der Waals surface area contributed by atoms with Crippen molar-refractivity contribution >= 4 is 44.7 Å². The van der Waals surface area contributed by atoms with Crippen LogP contribution in [0.4, 0.5) is 23.2 Å². The van der Waals surface area contributed by atoms with Crippen LogP contribution in [0.5, 0.6) is 0 Å². The average Bonchev–Trinajstić information content (AvgIpc) is 3.42. The summed E-state index contributed by atoms with van der Waals surface area (Å²) in [5.41, 5.74) is 0.407. The van der Waals surface area contributed by atoms with Gasteiger partial charge in [-0.15, -0.1) is 24.5 Å². The summed E-state index contributed by atoms with van der Waals surface area (Å²) < 4.78 is 80.3. The Morgan fingerprint density at radius 1 is 1.29 bits per heavy atom. The van der Waals surface area contributed by atoms with Crippen LogP contribution in [0.3, 0.4) is 0 Å². The van der Waals surface area contributed by atoms with E-state index in [-0.39, 0.29) is 27.4 Å². The van der Waals surface area contributed by atoms with Gasteiger partial charge in [0.2, 0.25) is 5.91 Å². The number of halogens is 5. The summed E-state index contributed by atoms with van der Waals surface area (Å²) in [5, 5.41) is 5.62. The van der Waals surface area contributed by atoms with Crippen molar-refractivity contribution in [1.29, 1.82) is 0 Å². The molecule has 3 aromatic rings. The molecule has 1 aliphatic heterocycles. The molecule has 0 saturated carbocycles. The molecule has 1 amide bonds. The molecular formula is C19H16ClF4N5O3S2. The molecule has 15 heteroatoms. The molecule has 1 aromatic carbocycles. The van der Waals surface area contributed by atoms with Crippen molar-refractivity contribution in [3.63, 3.8) is 0 Å². The van der Waals surface area contributed by atoms with Gasteiger partial charge in [0.25, 0.3) is 10.2 Å². The zero-order valence-electron chi connectivity index (χ0n) is 17.2. The number of hydrogen-bond acceptors (Lipinski definition) is 5. The topological polar surface area (TPSA) is 96.3 Å². The number of thiophene rings is 1. The van der Waals surface area contributed by atoms with Crippen molar-refractivity contribution in [3.8, 4) is 10.4 Å². The summed E-state index contributed by atoms with van der Waals surface area (Å²) in [5.74, 6) is -1.32. The smallest absolute Gasteiger partial charge is 0.325 e. The molecule has 1 fully saturated rings. The number of nitrogens with one attached hydrogen (secondary N) is 2. The van der Waals surface area contributed by atoms with E-state index in [4.69, 9.17) is 11.6 Å². The van der Waals surface area contributed by atoms with Gasteiger partial charge in [-0.05, 0) is 36.8 Å². The first-order valence-corrected chi connectivity index (χ1v) is 12.2. The van der Waals surface area contributed by atoms with Crippen LogP contribution in [0.15, 0.2) is 42.7 Å². The number of carbonyl (C=O) groups is 1. The molecule has 2 atom stereocenters. The van der Waals surface area contributed by atoms with Gasteiger partial charge in [0.05, 0.1) is 17.3 Å². The van der Waals surface area contributed by atoms with Gasteiger partial charge in [-0.2, -0.15) is 27.2 Å². The highest BCUT2D eigenvalue weighted by atomic mass is 35.5. The summed E-state index contributed by atoms with van der Waals surface area (Å²) in [6, 6.07) is 4.78. The van der Waals surface area contributed by atoms with Crippen LogP contribution < -0.4 is 10.0 Å². The minimum absolute atomic E-state index is 0.0399. The highest BCUT2D eigenvalue weighted by Gasteiger charge is 2.41. The molecule has 2 N–H and O–H groups in total. The number of hydrogen-bond donors (Lipinski definition) is 2. The Bertz CT molecular complexity index is 1340. The molecule has 2 aromatic heterocycles. The maximum absolute atomic E-state index is 13.4. The van der Waals surface area contributed by atoms with E-state index in [2.05, 4.69) is 15.1 Å². The Balaban J connectivity index is 1.56. The third-order valence-corrected chi connectivity index (χ3v) is 8.29. The minimum Gasteiger partial charge on any atom is -0.325 e. The lowest BCUT2D eigenvalue weighted by molar-refractivity contribution is -0.212. The highest BCUT2D eigenvalue weighted by Crippen LogP contribution is 2.37. The predicted molar refractivity (Wildman–Crippen MR) is 118 cm³/mol. The van der Waals surface area contributed by atoms with Crippen molar-refractivity contribution in [2.45, 2.75) is 24.8 Å². The Morgan fingerprint density at radius 2 is 2.03 bits per heavy atom. The van der Waals surface area contributed by atoms with Crippen LogP contribution in [-0.2, 0) is 21.3 Å². The van der Waals surface area contributed by atoms with E-state index in [0.717, 1.165) is 34.1 Å². The molecule has 182 valence electrons. The van der Waals surface area contributed by atoms with Crippen LogP contribution in [0.2, 0.25) is 5.02 Å². The van der Waals surface area contributed by atoms with Crippen molar-refractivity contribution in [2.75, 3.05) is 12.4 Å². The number of aromatic nitrogens is 2. The fourth-order valence-corrected chi connectivity index (χ4v) is 5.95. The number of likely N-dealkylation sites (N-methyl/N-ethyl adjacent to an activating group) is 1. The molecule has 1 aliphatic rings. The second-order valence-electron chi connectivity index (χ2n) is 7.40. The van der Waals surface area contributed by atoms with Gasteiger partial charge in [0.15, 0.2) is 0 Å². The molecule has 8 nitrogen and oxygen atoms in total. The molecule has 0 bridgehead atoms. The van der Waals surface area contributed by atoms with Crippen LogP contribution in [0.25, 0.3) is 10.4 Å². The number of rotatable bonds is 4. The Kier molecular flexibility index (Phi) is 6.46. The van der Waals surface area contributed by atoms with Crippen LogP contribution in [0.1, 0.15) is 17.3 Å². The minimum atomic E-state index is -4.66. The SMILES string of the molecule is CN1[C@H](C(=O)Nc2ccc(F)c(Cl)c2)C[C@H](c2ccc(-c3cnn(C(F)(F)F)c3)s2)NS1(=O)=O. The molecular weight excluding hydrogens is 522 g/mol. The van der Waals surface area contributed by atoms with E-state index in [1.54, 1.807) is 12.1 Å². The standard InChI is InChI=1S/C19H16ClF4N5O3S2/c1-28-15(18(30)26-11-2-3-13(21)12(20)6-11)7-14(27-34(28,31)32)17-5-4-16(33-17)10-8-25-29(9-10)19(22,23)24/h2-6,8-9,14-15,27H,7H2,1H3,(H,26,30)/t14-,15+/m1/s1. The maximum atomic E-state index is 13.4. The van der Waals surface area contributed by atoms with Gasteiger partial charge in [0.1, 0.15) is 11.9 Å². The van der Waals surface area contributed by atoms with Crippen molar-refractivity contribution < 1.29 is 30.8 Å². The molecule has 0 spiro atoms. The average molecular weight is 538 g/mol. The lowest BCUT2D eigenvalue weighted by Gasteiger charge is -2.35. The quantitative estimate of drug-likeness (QED) is 0.490. The summed E-state index contributed by atoms with van der Waals surface area (Å²) in [6.07, 6.45) is -2.72. The fourth-order valence-electron chi connectivity index (χ4n) is 3.38. The van der Waals surface area contributed by atoms with Crippen LogP contribution in [-0.4, -0.2) is 41.5 Å². The third kappa shape index (κ3) is 4.95. The summed E-state index contributed by atoms with van der Waals surface area (Å²) >= 11 is 6.81. The van der Waals surface area contributed by atoms with Crippen molar-refractivity contribution in [3.05, 3.63) is 58.4 Å². The fraction of sp³-hybridized carbons (Fsp3) is 0.263. The van der Waals surface area contributed by atoms with Crippen molar-refractivity contribution in [2.24, 2.45) is 0 Å². The molecule has 4 rings (SSSR count). The molecule has 1 saturated heterocycles. The van der Waals surface area contributed by atoms with E-state index >= 15 is 0 Å². The number of amides is 1. The molecule has 0 unspecified atom stereocenters. The first-order chi connectivity index (χ1) is 15.8. The second kappa shape index (κ2) is 8.92. The number of nitrogens with zero attached hydrogens (tertiary/aromatic N) is 3. The van der Waals surface area contributed by atoms with Gasteiger partial charge in [-0.3, -0.25) is 4.79 Å². The Labute approximate surface area is 200 Å². The summed E-state index contributed by atoms with van der Waals surface area (Å²) in [6.45, 7) is 0. The molecule has 3 heterocycles. The number of anilines is 1. The van der Waals surface area contributed by atoms with E-state index < -0.39 is 40.3 Å². The van der Waals surface area contributed by atoms with Gasteiger partial charge >= 0.3 is 6.30 Å². The molecule has 0 radical (unpaired) electrons. The van der Waals surface area contributed by atoms with E-state index in [0.29, 0.717) is 9.75 Å². The van der Waals surface area contributed by atoms with E-state index in [1.165, 1.54) is 19.2 Å². The largest absolute Gasteiger partial charge is 0.504 e. The normalized spacial score (nSPS) is 20.9. The lowest BCUT2D eigenvalue weighted by atomic mass is 10.1. The zero-order chi connectivity index (χ0) is 24.8. The number of benzene rings is 1. The first kappa shape index (κ1) is 24.6. The summed E-state index contributed by atoms with van der Waals surface area (Å²) in [7, 11) is -2.81. The highest BCUT2D eigenvalue weighted by molar-refractivity contribution is 7.87. The van der Waals surface area contributed by atoms with Crippen LogP contribution >= 0.6 is 22.9 Å². The number of carbonyl (C=O) groups excluding carboxylic acids is 1. The van der Waals surface area contributed by atoms with Gasteiger partial charge in [0, 0.05) is 34.2 Å². The zero-order valence-corrected chi connectivity index (χ0v) is 19.6. The summed E-state index contributed by atoms with van der Waals surface area (Å²) in [4.78, 5) is 13.8. The van der Waals surface area contributed by atoms with Crippen LogP contribution in [0, 0.1) is 5.82 Å². The first-order valence-electron chi connectivity index (χ1n) is 9.58. The lowest BCUT2D eigenvalue weighted by Crippen LogP contribution is -2.55. The number of alkyl halides is 3. The Hall–Kier alpha value is -2.52. The second-order valence-corrected chi connectivity index (χ2v) is 10.7.